The van der Waals surface area contributed by atoms with Gasteiger partial charge in [0.15, 0.2) is 17.1 Å². The number of nitrogens with zero attached hydrogens (tertiary/aromatic N) is 4. The topological polar surface area (TPSA) is 119 Å². The van der Waals surface area contributed by atoms with Gasteiger partial charge in [-0.1, -0.05) is 18.2 Å². The lowest BCUT2D eigenvalue weighted by atomic mass is 10.2. The molecule has 0 amide bonds. The highest BCUT2D eigenvalue weighted by Crippen LogP contribution is 2.24. The molecule has 24 heavy (non-hydrogen) atoms. The molecule has 2 aromatic heterocycles. The average molecular weight is 320 g/mol. The Bertz CT molecular complexity index is 1070. The molecule has 4 rings (SSSR count). The van der Waals surface area contributed by atoms with Crippen molar-refractivity contribution in [2.24, 2.45) is 5.10 Å². The predicted octanol–water partition coefficient (Wildman–Crippen LogP) is 2.36. The molecule has 0 aliphatic heterocycles. The number of rotatable bonds is 3. The Morgan fingerprint density at radius 2 is 1.92 bits per heavy atom. The van der Waals surface area contributed by atoms with E-state index in [2.05, 4.69) is 30.7 Å². The molecule has 0 unspecified atom stereocenters. The third-order valence-electron chi connectivity index (χ3n) is 3.50. The Balaban J connectivity index is 1.59. The van der Waals surface area contributed by atoms with Crippen molar-refractivity contribution in [2.45, 2.75) is 0 Å². The molecule has 0 aliphatic rings. The van der Waals surface area contributed by atoms with Crippen LogP contribution in [0.2, 0.25) is 0 Å². The molecule has 0 fully saturated rings. The number of aromatic nitrogens is 4. The fourth-order valence-corrected chi connectivity index (χ4v) is 2.35. The van der Waals surface area contributed by atoms with Crippen molar-refractivity contribution in [1.82, 2.24) is 20.2 Å². The number of aromatic hydroxyl groups is 2. The number of hydrogen-bond donors (Lipinski definition) is 4. The van der Waals surface area contributed by atoms with E-state index in [0.717, 1.165) is 10.9 Å². The van der Waals surface area contributed by atoms with Crippen LogP contribution in [-0.2, 0) is 0 Å². The van der Waals surface area contributed by atoms with Gasteiger partial charge in [0.25, 0.3) is 5.95 Å². The van der Waals surface area contributed by atoms with Gasteiger partial charge in [0.05, 0.1) is 6.21 Å². The van der Waals surface area contributed by atoms with Crippen LogP contribution in [-0.4, -0.2) is 36.6 Å². The molecule has 2 aromatic carbocycles. The zero-order valence-corrected chi connectivity index (χ0v) is 12.3. The Kier molecular flexibility index (Phi) is 3.20. The third kappa shape index (κ3) is 2.45. The summed E-state index contributed by atoms with van der Waals surface area (Å²) >= 11 is 0. The molecule has 0 atom stereocenters. The monoisotopic (exact) mass is 320 g/mol. The predicted molar refractivity (Wildman–Crippen MR) is 90.2 cm³/mol. The van der Waals surface area contributed by atoms with E-state index in [4.69, 9.17) is 0 Å². The first-order chi connectivity index (χ1) is 11.7. The lowest BCUT2D eigenvalue weighted by Gasteiger charge is -1.99. The van der Waals surface area contributed by atoms with E-state index in [0.29, 0.717) is 16.7 Å². The number of hydrogen-bond acceptors (Lipinski definition) is 7. The number of anilines is 1. The molecule has 4 aromatic rings. The van der Waals surface area contributed by atoms with Crippen molar-refractivity contribution in [1.29, 1.82) is 0 Å². The number of phenolic OH excluding ortho intramolecular Hbond substituents is 2. The molecule has 118 valence electrons. The highest BCUT2D eigenvalue weighted by atomic mass is 16.3. The summed E-state index contributed by atoms with van der Waals surface area (Å²) in [5.41, 5.74) is 5.55. The van der Waals surface area contributed by atoms with E-state index in [1.54, 1.807) is 6.07 Å². The summed E-state index contributed by atoms with van der Waals surface area (Å²) < 4.78 is 0. The van der Waals surface area contributed by atoms with Crippen LogP contribution in [0.3, 0.4) is 0 Å². The van der Waals surface area contributed by atoms with Crippen LogP contribution in [0.4, 0.5) is 5.95 Å². The van der Waals surface area contributed by atoms with Gasteiger partial charge in [-0.15, -0.1) is 10.2 Å². The first-order valence-corrected chi connectivity index (χ1v) is 7.13. The van der Waals surface area contributed by atoms with Gasteiger partial charge in [0.2, 0.25) is 0 Å². The first kappa shape index (κ1) is 13.9. The Morgan fingerprint density at radius 1 is 1.04 bits per heavy atom. The maximum absolute atomic E-state index is 9.43. The van der Waals surface area contributed by atoms with Gasteiger partial charge in [-0.25, -0.2) is 5.43 Å². The van der Waals surface area contributed by atoms with E-state index >= 15 is 0 Å². The Hall–Kier alpha value is -3.68. The van der Waals surface area contributed by atoms with Gasteiger partial charge < -0.3 is 15.2 Å². The van der Waals surface area contributed by atoms with Crippen LogP contribution in [0, 0.1) is 0 Å². The fraction of sp³-hybridized carbons (Fsp3) is 0. The highest BCUT2D eigenvalue weighted by molar-refractivity contribution is 6.03. The van der Waals surface area contributed by atoms with Crippen LogP contribution in [0.5, 0.6) is 11.5 Å². The highest BCUT2D eigenvalue weighted by Gasteiger charge is 2.07. The van der Waals surface area contributed by atoms with Gasteiger partial charge in [-0.3, -0.25) is 0 Å². The minimum Gasteiger partial charge on any atom is -0.504 e. The van der Waals surface area contributed by atoms with Crippen LogP contribution in [0.1, 0.15) is 5.56 Å². The number of fused-ring (bicyclic) bond motifs is 3. The summed E-state index contributed by atoms with van der Waals surface area (Å²) in [6.45, 7) is 0. The van der Waals surface area contributed by atoms with Gasteiger partial charge in [0.1, 0.15) is 5.52 Å². The van der Waals surface area contributed by atoms with Crippen molar-refractivity contribution in [3.05, 3.63) is 48.0 Å². The number of nitrogens with one attached hydrogen (secondary N) is 2. The van der Waals surface area contributed by atoms with Crippen LogP contribution in [0.25, 0.3) is 22.1 Å². The zero-order chi connectivity index (χ0) is 16.5. The van der Waals surface area contributed by atoms with Crippen molar-refractivity contribution in [3.8, 4) is 11.5 Å². The summed E-state index contributed by atoms with van der Waals surface area (Å²) in [5, 5.41) is 31.8. The smallest absolute Gasteiger partial charge is 0.265 e. The van der Waals surface area contributed by atoms with Crippen molar-refractivity contribution in [3.63, 3.8) is 0 Å². The van der Waals surface area contributed by atoms with E-state index < -0.39 is 0 Å². The Labute approximate surface area is 135 Å². The lowest BCUT2D eigenvalue weighted by Crippen LogP contribution is -1.98. The molecule has 2 heterocycles. The van der Waals surface area contributed by atoms with Crippen LogP contribution in [0.15, 0.2) is 47.6 Å². The summed E-state index contributed by atoms with van der Waals surface area (Å²) in [7, 11) is 0. The SMILES string of the molecule is Oc1ccc(/C=N\Nc2nnc3c(n2)[nH]c2ccccc23)cc1O. The molecule has 4 N–H and O–H groups in total. The largest absolute Gasteiger partial charge is 0.504 e. The molecule has 0 aliphatic carbocycles. The summed E-state index contributed by atoms with van der Waals surface area (Å²) in [5.74, 6) is -0.151. The number of para-hydroxylation sites is 1. The number of H-pyrrole nitrogens is 1. The number of phenols is 2. The first-order valence-electron chi connectivity index (χ1n) is 7.13. The van der Waals surface area contributed by atoms with Gasteiger partial charge in [-0.05, 0) is 29.8 Å². The minimum atomic E-state index is -0.212. The third-order valence-corrected chi connectivity index (χ3v) is 3.50. The Morgan fingerprint density at radius 3 is 2.79 bits per heavy atom. The van der Waals surface area contributed by atoms with E-state index in [9.17, 15) is 10.2 Å². The maximum Gasteiger partial charge on any atom is 0.265 e. The minimum absolute atomic E-state index is 0.183. The maximum atomic E-state index is 9.43. The molecule has 0 saturated carbocycles. The second-order valence-corrected chi connectivity index (χ2v) is 5.12. The van der Waals surface area contributed by atoms with Crippen LogP contribution >= 0.6 is 0 Å². The van der Waals surface area contributed by atoms with E-state index in [-0.39, 0.29) is 17.4 Å². The standard InChI is InChI=1S/C16H12N6O2/c23-12-6-5-9(7-13(12)24)8-17-21-16-19-15-14(20-22-16)10-3-1-2-4-11(10)18-15/h1-8,23-24H,(H2,18,19,21,22)/b17-8-. The van der Waals surface area contributed by atoms with E-state index in [1.165, 1.54) is 18.3 Å². The zero-order valence-electron chi connectivity index (χ0n) is 12.3. The van der Waals surface area contributed by atoms with Gasteiger partial charge in [-0.2, -0.15) is 10.1 Å². The van der Waals surface area contributed by atoms with E-state index in [1.807, 2.05) is 24.3 Å². The summed E-state index contributed by atoms with van der Waals surface area (Å²) in [4.78, 5) is 7.51. The van der Waals surface area contributed by atoms with Gasteiger partial charge in [0, 0.05) is 10.9 Å². The van der Waals surface area contributed by atoms with Crippen molar-refractivity contribution >= 4 is 34.2 Å². The normalized spacial score (nSPS) is 11.5. The molecule has 8 heteroatoms. The number of aromatic amines is 1. The molecule has 0 saturated heterocycles. The molecular weight excluding hydrogens is 308 g/mol. The number of benzene rings is 2. The summed E-state index contributed by atoms with van der Waals surface area (Å²) in [6, 6.07) is 12.1. The van der Waals surface area contributed by atoms with Gasteiger partial charge >= 0.3 is 0 Å². The molecule has 0 spiro atoms. The van der Waals surface area contributed by atoms with Crippen molar-refractivity contribution < 1.29 is 10.2 Å². The molecular formula is C16H12N6O2. The van der Waals surface area contributed by atoms with Crippen molar-refractivity contribution in [2.75, 3.05) is 5.43 Å². The average Bonchev–Trinajstić information content (AvgIpc) is 2.96. The fourth-order valence-electron chi connectivity index (χ4n) is 2.35. The molecule has 0 radical (unpaired) electrons. The second-order valence-electron chi connectivity index (χ2n) is 5.12. The number of hydrazone groups is 1. The quantitative estimate of drug-likeness (QED) is 0.261. The summed E-state index contributed by atoms with van der Waals surface area (Å²) in [6.07, 6.45) is 1.47. The second kappa shape index (κ2) is 5.51. The lowest BCUT2D eigenvalue weighted by molar-refractivity contribution is 0.403. The molecule has 0 bridgehead atoms. The van der Waals surface area contributed by atoms with Crippen LogP contribution < -0.4 is 5.43 Å². The molecule has 8 nitrogen and oxygen atoms in total.